The van der Waals surface area contributed by atoms with E-state index >= 15 is 0 Å². The first kappa shape index (κ1) is 24.0. The minimum Gasteiger partial charge on any atom is -0.375 e. The number of imide groups is 1. The number of carbonyl (C=O) groups is 2. The van der Waals surface area contributed by atoms with Gasteiger partial charge in [0.1, 0.15) is 0 Å². The van der Waals surface area contributed by atoms with E-state index in [9.17, 15) is 9.59 Å². The van der Waals surface area contributed by atoms with Gasteiger partial charge in [-0.1, -0.05) is 25.4 Å². The van der Waals surface area contributed by atoms with Crippen molar-refractivity contribution in [3.8, 4) is 11.1 Å². The summed E-state index contributed by atoms with van der Waals surface area (Å²) in [6.07, 6.45) is 3.42. The molecule has 0 bridgehead atoms. The number of amides is 2. The Morgan fingerprint density at radius 3 is 2.69 bits per heavy atom. The first-order valence-electron chi connectivity index (χ1n) is 12.6. The largest absolute Gasteiger partial charge is 0.375 e. The highest BCUT2D eigenvalue weighted by Gasteiger charge is 2.72. The van der Waals surface area contributed by atoms with E-state index in [4.69, 9.17) is 16.3 Å². The van der Waals surface area contributed by atoms with Gasteiger partial charge in [0, 0.05) is 54.1 Å². The number of hydrogen-bond donors (Lipinski definition) is 1. The Morgan fingerprint density at radius 2 is 1.97 bits per heavy atom. The van der Waals surface area contributed by atoms with Gasteiger partial charge in [0.2, 0.25) is 11.8 Å². The Bertz CT molecular complexity index is 1350. The molecule has 2 amide bonds. The predicted molar refractivity (Wildman–Crippen MR) is 142 cm³/mol. The van der Waals surface area contributed by atoms with E-state index in [0.29, 0.717) is 18.0 Å². The summed E-state index contributed by atoms with van der Waals surface area (Å²) in [5.74, 6) is -0.274. The van der Waals surface area contributed by atoms with Crippen LogP contribution in [0.25, 0.3) is 21.3 Å². The highest BCUT2D eigenvalue weighted by molar-refractivity contribution is 7.19. The number of nitrogens with zero attached hydrogens (tertiary/aromatic N) is 2. The maximum atomic E-state index is 12.7. The smallest absolute Gasteiger partial charge is 0.233 e. The quantitative estimate of drug-likeness (QED) is 0.477. The molecule has 1 aromatic carbocycles. The topological polar surface area (TPSA) is 71.5 Å². The number of benzene rings is 1. The van der Waals surface area contributed by atoms with Crippen LogP contribution < -0.4 is 5.32 Å². The monoisotopic (exact) mass is 523 g/mol. The van der Waals surface area contributed by atoms with Gasteiger partial charge < -0.3 is 10.1 Å². The summed E-state index contributed by atoms with van der Waals surface area (Å²) in [6, 6.07) is 8.21. The second-order valence-electron chi connectivity index (χ2n) is 10.8. The van der Waals surface area contributed by atoms with Crippen molar-refractivity contribution in [2.24, 2.45) is 17.3 Å². The number of nitrogens with one attached hydrogen (secondary N) is 1. The third kappa shape index (κ3) is 3.97. The van der Waals surface area contributed by atoms with Gasteiger partial charge in [0.15, 0.2) is 0 Å². The molecule has 3 aliphatic rings. The molecule has 1 aliphatic carbocycles. The minimum absolute atomic E-state index is 0.00612. The van der Waals surface area contributed by atoms with Crippen LogP contribution in [-0.4, -0.2) is 54.0 Å². The summed E-state index contributed by atoms with van der Waals surface area (Å²) in [5, 5.41) is 4.13. The van der Waals surface area contributed by atoms with Crippen LogP contribution in [0.2, 0.25) is 5.02 Å². The summed E-state index contributed by atoms with van der Waals surface area (Å²) >= 11 is 8.22. The molecule has 6 nitrogen and oxygen atoms in total. The van der Waals surface area contributed by atoms with E-state index in [1.54, 1.807) is 11.3 Å². The number of halogens is 1. The molecular weight excluding hydrogens is 494 g/mol. The highest BCUT2D eigenvalue weighted by atomic mass is 35.5. The molecule has 2 aromatic heterocycles. The van der Waals surface area contributed by atoms with Crippen LogP contribution in [0.4, 0.5) is 0 Å². The Labute approximate surface area is 220 Å². The summed E-state index contributed by atoms with van der Waals surface area (Å²) in [7, 11) is 0. The molecule has 2 saturated heterocycles. The van der Waals surface area contributed by atoms with Gasteiger partial charge in [0.05, 0.1) is 34.8 Å². The Morgan fingerprint density at radius 1 is 1.19 bits per heavy atom. The van der Waals surface area contributed by atoms with Crippen molar-refractivity contribution < 1.29 is 14.3 Å². The number of aryl methyl sites for hydroxylation is 1. The first-order valence-corrected chi connectivity index (χ1v) is 13.8. The highest BCUT2D eigenvalue weighted by Crippen LogP contribution is 2.63. The molecule has 8 heteroatoms. The van der Waals surface area contributed by atoms with E-state index < -0.39 is 0 Å². The number of ether oxygens (including phenoxy) is 1. The maximum Gasteiger partial charge on any atom is 0.233 e. The standard InChI is InChI=1S/C28H30ClN3O3S/c1-15-10-16(29)11-21(20(15)12-17-14-30-7-9-35-17)19-4-6-31-22-13-18(36-25(19)22)5-8-32-26(33)23-24(27(32)34)28(23,2)3/h4,6,10-11,13,17,23-24,30H,5,7-9,12,14H2,1-3H3/t17-,23?,24?/m1/s1. The van der Waals surface area contributed by atoms with Crippen LogP contribution in [0.3, 0.4) is 0 Å². The molecule has 188 valence electrons. The van der Waals surface area contributed by atoms with E-state index in [0.717, 1.165) is 57.9 Å². The van der Waals surface area contributed by atoms with E-state index in [1.165, 1.54) is 10.5 Å². The number of piperidine rings is 1. The summed E-state index contributed by atoms with van der Waals surface area (Å²) < 4.78 is 7.10. The lowest BCUT2D eigenvalue weighted by Crippen LogP contribution is -2.39. The van der Waals surface area contributed by atoms with Crippen molar-refractivity contribution in [2.75, 3.05) is 26.2 Å². The van der Waals surface area contributed by atoms with Crippen LogP contribution in [0, 0.1) is 24.2 Å². The fourth-order valence-corrected chi connectivity index (χ4v) is 7.43. The van der Waals surface area contributed by atoms with Crippen LogP contribution in [0.1, 0.15) is 29.9 Å². The number of fused-ring (bicyclic) bond motifs is 2. The van der Waals surface area contributed by atoms with Crippen LogP contribution >= 0.6 is 22.9 Å². The molecule has 3 atom stereocenters. The van der Waals surface area contributed by atoms with Crippen LogP contribution in [-0.2, 0) is 27.2 Å². The fraction of sp³-hybridized carbons (Fsp3) is 0.464. The molecule has 36 heavy (non-hydrogen) atoms. The summed E-state index contributed by atoms with van der Waals surface area (Å²) in [5.41, 5.74) is 5.37. The third-order valence-electron chi connectivity index (χ3n) is 8.10. The second kappa shape index (κ2) is 8.91. The van der Waals surface area contributed by atoms with Crippen LogP contribution in [0.15, 0.2) is 30.5 Å². The third-order valence-corrected chi connectivity index (χ3v) is 9.54. The van der Waals surface area contributed by atoms with Crippen molar-refractivity contribution in [1.29, 1.82) is 0 Å². The molecule has 3 fully saturated rings. The predicted octanol–water partition coefficient (Wildman–Crippen LogP) is 4.64. The molecule has 2 unspecified atom stereocenters. The molecule has 6 rings (SSSR count). The maximum absolute atomic E-state index is 12.7. The first-order chi connectivity index (χ1) is 17.3. The number of thiophene rings is 1. The number of carbonyl (C=O) groups excluding carboxylic acids is 2. The van der Waals surface area contributed by atoms with Crippen molar-refractivity contribution in [2.45, 2.75) is 39.7 Å². The second-order valence-corrected chi connectivity index (χ2v) is 12.4. The van der Waals surface area contributed by atoms with Gasteiger partial charge in [-0.2, -0.15) is 0 Å². The lowest BCUT2D eigenvalue weighted by atomic mass is 9.92. The molecule has 0 spiro atoms. The molecule has 1 saturated carbocycles. The number of likely N-dealkylation sites (tertiary alicyclic amines) is 1. The SMILES string of the molecule is Cc1cc(Cl)cc(-c2ccnc3cc(CCN4C(=O)C5C(C4=O)C5(C)C)sc23)c1C[C@@H]1CNCCO1. The van der Waals surface area contributed by atoms with E-state index in [-0.39, 0.29) is 35.2 Å². The normalized spacial score (nSPS) is 25.0. The Balaban J connectivity index is 1.29. The molecule has 2 aliphatic heterocycles. The zero-order chi connectivity index (χ0) is 25.2. The Kier molecular flexibility index (Phi) is 5.95. The number of aromatic nitrogens is 1. The number of hydrogen-bond acceptors (Lipinski definition) is 6. The fourth-order valence-electron chi connectivity index (χ4n) is 6.03. The lowest BCUT2D eigenvalue weighted by Gasteiger charge is -2.25. The molecule has 0 radical (unpaired) electrons. The van der Waals surface area contributed by atoms with Gasteiger partial charge in [-0.05, 0) is 53.3 Å². The van der Waals surface area contributed by atoms with Crippen molar-refractivity contribution in [3.63, 3.8) is 0 Å². The molecular formula is C28H30ClN3O3S. The number of morpholine rings is 1. The van der Waals surface area contributed by atoms with Gasteiger partial charge in [-0.15, -0.1) is 11.3 Å². The summed E-state index contributed by atoms with van der Waals surface area (Å²) in [6.45, 7) is 9.00. The lowest BCUT2D eigenvalue weighted by molar-refractivity contribution is -0.142. The van der Waals surface area contributed by atoms with E-state index in [1.807, 2.05) is 32.2 Å². The van der Waals surface area contributed by atoms with Crippen LogP contribution in [0.5, 0.6) is 0 Å². The van der Waals surface area contributed by atoms with Gasteiger partial charge in [0.25, 0.3) is 0 Å². The van der Waals surface area contributed by atoms with Gasteiger partial charge >= 0.3 is 0 Å². The minimum atomic E-state index is -0.174. The van der Waals surface area contributed by atoms with Crippen molar-refractivity contribution >= 4 is 45.0 Å². The number of rotatable bonds is 6. The average molecular weight is 524 g/mol. The molecule has 1 N–H and O–H groups in total. The van der Waals surface area contributed by atoms with Crippen molar-refractivity contribution in [3.05, 3.63) is 51.5 Å². The zero-order valence-electron chi connectivity index (χ0n) is 20.8. The van der Waals surface area contributed by atoms with Crippen molar-refractivity contribution in [1.82, 2.24) is 15.2 Å². The molecule has 3 aromatic rings. The Hall–Kier alpha value is -2.32. The van der Waals surface area contributed by atoms with E-state index in [2.05, 4.69) is 29.4 Å². The molecule has 4 heterocycles. The van der Waals surface area contributed by atoms with Gasteiger partial charge in [-0.25, -0.2) is 0 Å². The summed E-state index contributed by atoms with van der Waals surface area (Å²) in [4.78, 5) is 32.7. The average Bonchev–Trinajstić information content (AvgIpc) is 3.10. The zero-order valence-corrected chi connectivity index (χ0v) is 22.3. The number of pyridine rings is 1. The van der Waals surface area contributed by atoms with Gasteiger partial charge in [-0.3, -0.25) is 19.5 Å².